The fraction of sp³-hybridized carbons (Fsp3) is 0.615. The van der Waals surface area contributed by atoms with Gasteiger partial charge in [0.05, 0.1) is 12.7 Å². The van der Waals surface area contributed by atoms with Crippen molar-refractivity contribution in [1.29, 1.82) is 0 Å². The Bertz CT molecular complexity index is 1090. The fourth-order valence-corrected chi connectivity index (χ4v) is 6.28. The number of carbonyl (C=O) groups is 2. The number of aromatic nitrogens is 1. The standard InChI is InChI=1S/C26H36N2O4/c1-15-19(21(29)27-22-25(5,6)16-12-13-26(22,7)14-16)17-10-9-11-18(31-8)20(17)28(15)23(30)32-24(2,3)4/h9-11,16,22H,12-14H2,1-8H3,(H,27,29). The van der Waals surface area contributed by atoms with Crippen LogP contribution in [0, 0.1) is 23.7 Å². The Morgan fingerprint density at radius 3 is 2.44 bits per heavy atom. The van der Waals surface area contributed by atoms with Gasteiger partial charge in [-0.1, -0.05) is 32.9 Å². The van der Waals surface area contributed by atoms with Crippen LogP contribution in [0.5, 0.6) is 5.75 Å². The summed E-state index contributed by atoms with van der Waals surface area (Å²) in [5, 5.41) is 4.07. The van der Waals surface area contributed by atoms with Crippen LogP contribution in [0.2, 0.25) is 0 Å². The van der Waals surface area contributed by atoms with Crippen LogP contribution in [0.3, 0.4) is 0 Å². The normalized spacial score (nSPS) is 26.4. The third-order valence-electron chi connectivity index (χ3n) is 7.76. The van der Waals surface area contributed by atoms with Crippen LogP contribution in [0.1, 0.15) is 76.9 Å². The molecule has 1 amide bonds. The molecule has 1 aromatic heterocycles. The first-order valence-corrected chi connectivity index (χ1v) is 11.5. The molecule has 0 spiro atoms. The van der Waals surface area contributed by atoms with Crippen molar-refractivity contribution in [1.82, 2.24) is 9.88 Å². The van der Waals surface area contributed by atoms with E-state index in [0.29, 0.717) is 33.8 Å². The highest BCUT2D eigenvalue weighted by Crippen LogP contribution is 2.62. The number of benzene rings is 1. The van der Waals surface area contributed by atoms with Crippen molar-refractivity contribution < 1.29 is 19.1 Å². The molecule has 2 saturated carbocycles. The fourth-order valence-electron chi connectivity index (χ4n) is 6.28. The molecule has 3 atom stereocenters. The molecule has 0 radical (unpaired) electrons. The lowest BCUT2D eigenvalue weighted by Crippen LogP contribution is -2.52. The first-order valence-electron chi connectivity index (χ1n) is 11.5. The smallest absolute Gasteiger partial charge is 0.419 e. The lowest BCUT2D eigenvalue weighted by Gasteiger charge is -2.43. The number of nitrogens with one attached hydrogen (secondary N) is 1. The number of methoxy groups -OCH3 is 1. The number of rotatable bonds is 3. The molecule has 4 rings (SSSR count). The molecule has 6 heteroatoms. The SMILES string of the molecule is COc1cccc2c(C(=O)NC3C4(C)CCC(C4)C3(C)C)c(C)n(C(=O)OC(C)(C)C)c12. The van der Waals surface area contributed by atoms with Crippen LogP contribution in [0.4, 0.5) is 4.79 Å². The number of hydrogen-bond donors (Lipinski definition) is 1. The molecule has 174 valence electrons. The van der Waals surface area contributed by atoms with Gasteiger partial charge in [0.25, 0.3) is 5.91 Å². The lowest BCUT2D eigenvalue weighted by atomic mass is 9.68. The van der Waals surface area contributed by atoms with E-state index in [9.17, 15) is 9.59 Å². The van der Waals surface area contributed by atoms with E-state index in [2.05, 4.69) is 26.1 Å². The van der Waals surface area contributed by atoms with Crippen molar-refractivity contribution in [2.75, 3.05) is 7.11 Å². The molecule has 1 heterocycles. The van der Waals surface area contributed by atoms with E-state index in [-0.39, 0.29) is 22.8 Å². The van der Waals surface area contributed by atoms with Gasteiger partial charge < -0.3 is 14.8 Å². The third kappa shape index (κ3) is 3.39. The van der Waals surface area contributed by atoms with Gasteiger partial charge in [-0.25, -0.2) is 9.36 Å². The number of ether oxygens (including phenoxy) is 2. The van der Waals surface area contributed by atoms with Crippen LogP contribution < -0.4 is 10.1 Å². The highest BCUT2D eigenvalue weighted by atomic mass is 16.6. The van der Waals surface area contributed by atoms with Gasteiger partial charge in [-0.15, -0.1) is 0 Å². The summed E-state index contributed by atoms with van der Waals surface area (Å²) >= 11 is 0. The predicted molar refractivity (Wildman–Crippen MR) is 125 cm³/mol. The molecular formula is C26H36N2O4. The summed E-state index contributed by atoms with van der Waals surface area (Å²) in [6, 6.07) is 5.60. The summed E-state index contributed by atoms with van der Waals surface area (Å²) < 4.78 is 12.7. The maximum atomic E-state index is 13.7. The second-order valence-electron chi connectivity index (χ2n) is 11.5. The minimum Gasteiger partial charge on any atom is -0.495 e. The van der Waals surface area contributed by atoms with E-state index in [0.717, 1.165) is 12.8 Å². The molecule has 32 heavy (non-hydrogen) atoms. The molecule has 2 fully saturated rings. The van der Waals surface area contributed by atoms with Gasteiger partial charge in [0.1, 0.15) is 16.9 Å². The predicted octanol–water partition coefficient (Wildman–Crippen LogP) is 5.69. The van der Waals surface area contributed by atoms with Crippen molar-refractivity contribution in [2.24, 2.45) is 16.7 Å². The Labute approximate surface area is 190 Å². The molecule has 2 aliphatic rings. The van der Waals surface area contributed by atoms with Crippen LogP contribution >= 0.6 is 0 Å². The molecule has 0 saturated heterocycles. The molecule has 2 aliphatic carbocycles. The summed E-state index contributed by atoms with van der Waals surface area (Å²) in [4.78, 5) is 26.9. The average molecular weight is 441 g/mol. The van der Waals surface area contributed by atoms with Gasteiger partial charge in [0.15, 0.2) is 0 Å². The Morgan fingerprint density at radius 1 is 1.19 bits per heavy atom. The molecule has 2 aromatic rings. The number of nitrogens with zero attached hydrogens (tertiary/aromatic N) is 1. The van der Waals surface area contributed by atoms with E-state index in [1.807, 2.05) is 32.9 Å². The Hall–Kier alpha value is -2.50. The molecular weight excluding hydrogens is 404 g/mol. The van der Waals surface area contributed by atoms with E-state index in [1.165, 1.54) is 11.0 Å². The first kappa shape index (κ1) is 22.7. The molecule has 1 aromatic carbocycles. The van der Waals surface area contributed by atoms with Crippen molar-refractivity contribution in [2.45, 2.75) is 79.4 Å². The van der Waals surface area contributed by atoms with Gasteiger partial charge in [0.2, 0.25) is 0 Å². The lowest BCUT2D eigenvalue weighted by molar-refractivity contribution is 0.0541. The Kier molecular flexibility index (Phi) is 5.14. The van der Waals surface area contributed by atoms with Gasteiger partial charge in [-0.05, 0) is 69.8 Å². The molecule has 6 nitrogen and oxygen atoms in total. The number of para-hydroxylation sites is 1. The second kappa shape index (κ2) is 7.26. The minimum absolute atomic E-state index is 0.0395. The Morgan fingerprint density at radius 2 is 1.88 bits per heavy atom. The highest BCUT2D eigenvalue weighted by molar-refractivity contribution is 6.12. The topological polar surface area (TPSA) is 69.6 Å². The van der Waals surface area contributed by atoms with Gasteiger partial charge in [0, 0.05) is 17.1 Å². The minimum atomic E-state index is -0.660. The average Bonchev–Trinajstić information content (AvgIpc) is 3.27. The maximum Gasteiger partial charge on any atom is 0.419 e. The van der Waals surface area contributed by atoms with Crippen molar-refractivity contribution in [3.8, 4) is 5.75 Å². The van der Waals surface area contributed by atoms with Crippen molar-refractivity contribution in [3.63, 3.8) is 0 Å². The molecule has 1 N–H and O–H groups in total. The van der Waals surface area contributed by atoms with Crippen LogP contribution in [-0.2, 0) is 4.74 Å². The van der Waals surface area contributed by atoms with Crippen LogP contribution in [-0.4, -0.2) is 35.3 Å². The van der Waals surface area contributed by atoms with Gasteiger partial charge in [-0.2, -0.15) is 0 Å². The molecule has 3 unspecified atom stereocenters. The van der Waals surface area contributed by atoms with Gasteiger partial charge in [-0.3, -0.25) is 4.79 Å². The summed E-state index contributed by atoms with van der Waals surface area (Å²) in [6.45, 7) is 14.1. The maximum absolute atomic E-state index is 13.7. The zero-order chi connectivity index (χ0) is 23.6. The van der Waals surface area contributed by atoms with E-state index in [1.54, 1.807) is 20.1 Å². The van der Waals surface area contributed by atoms with E-state index < -0.39 is 11.7 Å². The monoisotopic (exact) mass is 440 g/mol. The number of hydrogen-bond acceptors (Lipinski definition) is 4. The van der Waals surface area contributed by atoms with Crippen molar-refractivity contribution in [3.05, 3.63) is 29.5 Å². The summed E-state index contributed by atoms with van der Waals surface area (Å²) in [5.74, 6) is 1.01. The largest absolute Gasteiger partial charge is 0.495 e. The quantitative estimate of drug-likeness (QED) is 0.666. The number of carbonyl (C=O) groups excluding carboxylic acids is 2. The van der Waals surface area contributed by atoms with Crippen LogP contribution in [0.15, 0.2) is 18.2 Å². The summed E-state index contributed by atoms with van der Waals surface area (Å²) in [7, 11) is 1.56. The van der Waals surface area contributed by atoms with Gasteiger partial charge >= 0.3 is 6.09 Å². The molecule has 2 bridgehead atoms. The highest BCUT2D eigenvalue weighted by Gasteiger charge is 2.59. The summed E-state index contributed by atoms with van der Waals surface area (Å²) in [5.41, 5.74) is 1.11. The summed E-state index contributed by atoms with van der Waals surface area (Å²) in [6.07, 6.45) is 3.00. The van der Waals surface area contributed by atoms with E-state index in [4.69, 9.17) is 9.47 Å². The Balaban J connectivity index is 1.80. The van der Waals surface area contributed by atoms with E-state index >= 15 is 0 Å². The first-order chi connectivity index (χ1) is 14.8. The zero-order valence-electron chi connectivity index (χ0n) is 20.6. The van der Waals surface area contributed by atoms with Crippen molar-refractivity contribution >= 4 is 22.9 Å². The molecule has 0 aliphatic heterocycles. The number of amides is 1. The van der Waals surface area contributed by atoms with Crippen LogP contribution in [0.25, 0.3) is 10.9 Å². The zero-order valence-corrected chi connectivity index (χ0v) is 20.6. The second-order valence-corrected chi connectivity index (χ2v) is 11.5. The number of fused-ring (bicyclic) bond motifs is 3. The third-order valence-corrected chi connectivity index (χ3v) is 7.76.